The summed E-state index contributed by atoms with van der Waals surface area (Å²) >= 11 is 8.56. The summed E-state index contributed by atoms with van der Waals surface area (Å²) in [4.78, 5) is 17.3. The monoisotopic (exact) mass is 458 g/mol. The van der Waals surface area contributed by atoms with Crippen LogP contribution in [0, 0.1) is 12.3 Å². The lowest BCUT2D eigenvalue weighted by atomic mass is 9.70. The molecule has 0 amide bonds. The Morgan fingerprint density at radius 2 is 2.23 bits per heavy atom. The molecule has 0 saturated carbocycles. The molecule has 0 aromatic carbocycles. The summed E-state index contributed by atoms with van der Waals surface area (Å²) in [6.45, 7) is 8.40. The van der Waals surface area contributed by atoms with E-state index in [2.05, 4.69) is 45.4 Å². The molecular weight excluding hydrogens is 436 g/mol. The number of nitrogens with zero attached hydrogens (tertiary/aromatic N) is 5. The van der Waals surface area contributed by atoms with Crippen molar-refractivity contribution in [3.8, 4) is 10.6 Å². The Morgan fingerprint density at radius 1 is 1.35 bits per heavy atom. The Balaban J connectivity index is 1.58. The van der Waals surface area contributed by atoms with Gasteiger partial charge in [0.05, 0.1) is 46.2 Å². The van der Waals surface area contributed by atoms with Crippen LogP contribution in [0.2, 0.25) is 5.02 Å². The van der Waals surface area contributed by atoms with Crippen molar-refractivity contribution in [1.29, 1.82) is 0 Å². The van der Waals surface area contributed by atoms with Crippen molar-refractivity contribution in [3.63, 3.8) is 0 Å². The molecule has 1 spiro atoms. The number of anilines is 1. The van der Waals surface area contributed by atoms with Gasteiger partial charge < -0.3 is 14.2 Å². The van der Waals surface area contributed by atoms with E-state index in [1.807, 2.05) is 13.1 Å². The summed E-state index contributed by atoms with van der Waals surface area (Å²) in [5.74, 6) is 0. The topological polar surface area (TPSA) is 88.7 Å². The first-order valence-electron chi connectivity index (χ1n) is 10.5. The van der Waals surface area contributed by atoms with Gasteiger partial charge in [0.25, 0.3) is 0 Å². The molecular formula is C21H23ClN6O2S. The van der Waals surface area contributed by atoms with Crippen molar-refractivity contribution >= 4 is 45.9 Å². The highest BCUT2D eigenvalue weighted by Crippen LogP contribution is 2.49. The Hall–Kier alpha value is -2.07. The van der Waals surface area contributed by atoms with Gasteiger partial charge in [-0.3, -0.25) is 10.3 Å². The van der Waals surface area contributed by atoms with E-state index in [9.17, 15) is 0 Å². The second-order valence-corrected chi connectivity index (χ2v) is 10.3. The summed E-state index contributed by atoms with van der Waals surface area (Å²) in [6, 6.07) is 0.107. The fourth-order valence-electron chi connectivity index (χ4n) is 5.47. The molecule has 162 valence electrons. The van der Waals surface area contributed by atoms with E-state index in [1.54, 1.807) is 11.3 Å². The maximum absolute atomic E-state index is 6.99. The molecule has 1 N–H and O–H groups in total. The van der Waals surface area contributed by atoms with Crippen LogP contribution >= 0.6 is 22.9 Å². The number of hydrogen-bond donors (Lipinski definition) is 1. The third-order valence-corrected chi connectivity index (χ3v) is 7.78. The van der Waals surface area contributed by atoms with Crippen LogP contribution in [0.4, 0.5) is 5.69 Å². The Labute approximate surface area is 188 Å². The minimum absolute atomic E-state index is 0.0282. The van der Waals surface area contributed by atoms with Crippen LogP contribution in [0.3, 0.4) is 0 Å². The third-order valence-electron chi connectivity index (χ3n) is 6.51. The number of aliphatic imine (C=N–C) groups is 1. The minimum atomic E-state index is -0.215. The largest absolute Gasteiger partial charge is 0.372 e. The smallest absolute Gasteiger partial charge is 0.206 e. The van der Waals surface area contributed by atoms with E-state index < -0.39 is 0 Å². The van der Waals surface area contributed by atoms with Crippen LogP contribution in [0.15, 0.2) is 15.7 Å². The number of halogens is 1. The standard InChI is InChI=1S/C21H23ClN6O2S/c1-10-6-28-18-13(4-21(7-23-9-24-8-21)20(28)11(2)29-10)26-17-16(14-5-25-12(3)31-14)27-30-19(17)15(18)22/h5,7,10-11,20,24H,4,6,8-9H2,1-3H3/t10-,11+,20-,21?/m0/s1. The highest BCUT2D eigenvalue weighted by molar-refractivity contribution is 7.15. The van der Waals surface area contributed by atoms with Gasteiger partial charge in [-0.2, -0.15) is 0 Å². The summed E-state index contributed by atoms with van der Waals surface area (Å²) in [5, 5.41) is 9.31. The molecule has 1 unspecified atom stereocenters. The average molecular weight is 459 g/mol. The number of morpholine rings is 1. The van der Waals surface area contributed by atoms with Crippen LogP contribution < -0.4 is 10.2 Å². The molecule has 1 fully saturated rings. The highest BCUT2D eigenvalue weighted by atomic mass is 35.5. The lowest BCUT2D eigenvalue weighted by Gasteiger charge is -2.55. The van der Waals surface area contributed by atoms with Crippen molar-refractivity contribution in [2.24, 2.45) is 10.4 Å². The van der Waals surface area contributed by atoms with Gasteiger partial charge in [0.15, 0.2) is 5.69 Å². The van der Waals surface area contributed by atoms with Gasteiger partial charge >= 0.3 is 0 Å². The first-order valence-corrected chi connectivity index (χ1v) is 11.7. The molecule has 6 rings (SSSR count). The van der Waals surface area contributed by atoms with Gasteiger partial charge in [0.1, 0.15) is 10.5 Å². The first kappa shape index (κ1) is 19.6. The second kappa shape index (κ2) is 6.96. The van der Waals surface area contributed by atoms with E-state index in [-0.39, 0.29) is 23.7 Å². The summed E-state index contributed by atoms with van der Waals surface area (Å²) in [7, 11) is 0. The van der Waals surface area contributed by atoms with Crippen molar-refractivity contribution in [1.82, 2.24) is 20.4 Å². The number of aromatic nitrogens is 3. The fourth-order valence-corrected chi connectivity index (χ4v) is 6.57. The number of nitrogens with one attached hydrogen (secondary N) is 1. The SMILES string of the molecule is Cc1ncc(-c2noc3c(Cl)c4c(nc23)CC2(C=NCNC2)[C@@H]2[C@@H](C)O[C@@H](C)CN42)s1. The number of rotatable bonds is 1. The zero-order chi connectivity index (χ0) is 21.3. The molecule has 0 radical (unpaired) electrons. The van der Waals surface area contributed by atoms with Gasteiger partial charge in [-0.1, -0.05) is 16.8 Å². The number of pyridine rings is 1. The van der Waals surface area contributed by atoms with E-state index in [1.165, 1.54) is 0 Å². The van der Waals surface area contributed by atoms with Crippen molar-refractivity contribution < 1.29 is 9.26 Å². The number of fused-ring (bicyclic) bond motifs is 5. The fraction of sp³-hybridized carbons (Fsp3) is 0.524. The maximum atomic E-state index is 6.99. The molecule has 1 saturated heterocycles. The maximum Gasteiger partial charge on any atom is 0.206 e. The molecule has 4 atom stereocenters. The van der Waals surface area contributed by atoms with Gasteiger partial charge in [-0.15, -0.1) is 11.3 Å². The molecule has 3 aliphatic heterocycles. The predicted octanol–water partition coefficient (Wildman–Crippen LogP) is 3.46. The molecule has 10 heteroatoms. The molecule has 3 aromatic rings. The van der Waals surface area contributed by atoms with Gasteiger partial charge in [-0.25, -0.2) is 9.97 Å². The van der Waals surface area contributed by atoms with Crippen molar-refractivity contribution in [3.05, 3.63) is 21.9 Å². The van der Waals surface area contributed by atoms with E-state index in [0.29, 0.717) is 28.5 Å². The highest BCUT2D eigenvalue weighted by Gasteiger charge is 2.53. The molecule has 3 aliphatic rings. The molecule has 6 heterocycles. The molecule has 8 nitrogen and oxygen atoms in total. The second-order valence-electron chi connectivity index (χ2n) is 8.73. The van der Waals surface area contributed by atoms with E-state index in [4.69, 9.17) is 25.8 Å². The lowest BCUT2D eigenvalue weighted by Crippen LogP contribution is -2.67. The summed E-state index contributed by atoms with van der Waals surface area (Å²) < 4.78 is 12.0. The zero-order valence-electron chi connectivity index (χ0n) is 17.6. The lowest BCUT2D eigenvalue weighted by molar-refractivity contribution is -0.0522. The van der Waals surface area contributed by atoms with Crippen LogP contribution in [-0.2, 0) is 11.2 Å². The molecule has 3 aromatic heterocycles. The van der Waals surface area contributed by atoms with E-state index in [0.717, 1.165) is 40.8 Å². The van der Waals surface area contributed by atoms with Crippen molar-refractivity contribution in [2.75, 3.05) is 24.7 Å². The summed E-state index contributed by atoms with van der Waals surface area (Å²) in [5.41, 5.74) is 3.59. The van der Waals surface area contributed by atoms with Gasteiger partial charge in [0.2, 0.25) is 5.58 Å². The predicted molar refractivity (Wildman–Crippen MR) is 121 cm³/mol. The number of hydrogen-bond acceptors (Lipinski definition) is 9. The van der Waals surface area contributed by atoms with E-state index >= 15 is 0 Å². The van der Waals surface area contributed by atoms with Crippen LogP contribution in [0.1, 0.15) is 24.5 Å². The normalized spacial score (nSPS) is 30.1. The van der Waals surface area contributed by atoms with Crippen LogP contribution in [0.25, 0.3) is 21.7 Å². The van der Waals surface area contributed by atoms with Crippen molar-refractivity contribution in [2.45, 2.75) is 45.4 Å². The minimum Gasteiger partial charge on any atom is -0.372 e. The van der Waals surface area contributed by atoms with Gasteiger partial charge in [0, 0.05) is 37.3 Å². The molecule has 31 heavy (non-hydrogen) atoms. The Morgan fingerprint density at radius 3 is 2.97 bits per heavy atom. The Kier molecular flexibility index (Phi) is 4.40. The van der Waals surface area contributed by atoms with Gasteiger partial charge in [-0.05, 0) is 20.8 Å². The number of ether oxygens (including phenoxy) is 1. The first-order chi connectivity index (χ1) is 15.0. The zero-order valence-corrected chi connectivity index (χ0v) is 19.1. The number of thiazole rings is 1. The quantitative estimate of drug-likeness (QED) is 0.597. The summed E-state index contributed by atoms with van der Waals surface area (Å²) in [6.07, 6.45) is 4.76. The molecule has 0 bridgehead atoms. The third kappa shape index (κ3) is 2.87. The van der Waals surface area contributed by atoms with Crippen LogP contribution in [-0.4, -0.2) is 59.3 Å². The van der Waals surface area contributed by atoms with Crippen LogP contribution in [0.5, 0.6) is 0 Å². The number of aryl methyl sites for hydroxylation is 1. The average Bonchev–Trinajstić information content (AvgIpc) is 3.34. The Bertz CT molecular complexity index is 1210. The molecule has 0 aliphatic carbocycles.